The van der Waals surface area contributed by atoms with Gasteiger partial charge in [-0.05, 0) is 109 Å². The van der Waals surface area contributed by atoms with E-state index < -0.39 is 381 Å². The van der Waals surface area contributed by atoms with Crippen molar-refractivity contribution in [3.63, 3.8) is 0 Å². The van der Waals surface area contributed by atoms with Crippen molar-refractivity contribution in [1.82, 2.24) is 0 Å². The molecule has 0 aliphatic rings. The molecule has 0 radical (unpaired) electrons. The summed E-state index contributed by atoms with van der Waals surface area (Å²) in [6.07, 6.45) is 0. The second-order valence-corrected chi connectivity index (χ2v) is 36.5. The first kappa shape index (κ1) is 128. The number of esters is 14. The molecule has 0 fully saturated rings. The topological polar surface area (TPSA) is 771 Å². The van der Waals surface area contributed by atoms with Crippen LogP contribution in [0.1, 0.15) is 96.9 Å². The molecule has 0 aliphatic heterocycles. The minimum absolute atomic E-state index is 0.0747. The molecule has 1 aromatic carbocycles. The zero-order chi connectivity index (χ0) is 105. The van der Waals surface area contributed by atoms with E-state index in [9.17, 15) is 164 Å². The van der Waals surface area contributed by atoms with E-state index in [2.05, 4.69) is 4.74 Å². The number of ether oxygens (including phenoxy) is 16. The average Bonchev–Trinajstić information content (AvgIpc) is 0.746. The van der Waals surface area contributed by atoms with Crippen molar-refractivity contribution in [3.05, 3.63) is 34.4 Å². The number of carbonyl (C=O) groups is 15. The number of nitrogens with zero attached hydrogens (tertiary/aromatic N) is 1. The lowest BCUT2D eigenvalue weighted by atomic mass is 9.89. The van der Waals surface area contributed by atoms with Gasteiger partial charge < -0.3 is 157 Å². The molecular formula is C82H128Cl3NO49. The second-order valence-electron chi connectivity index (χ2n) is 35.4. The Bertz CT molecular complexity index is 3460. The summed E-state index contributed by atoms with van der Waals surface area (Å²) in [4.78, 5) is 212. The van der Waals surface area contributed by atoms with Gasteiger partial charge in [0.05, 0.1) is 129 Å². The number of alkyl halides is 2. The first-order valence-corrected chi connectivity index (χ1v) is 42.0. The van der Waals surface area contributed by atoms with Gasteiger partial charge in [-0.3, -0.25) is 77.2 Å². The van der Waals surface area contributed by atoms with Gasteiger partial charge in [0, 0.05) is 23.7 Å². The number of benzene rings is 1. The van der Waals surface area contributed by atoms with Crippen molar-refractivity contribution in [3.8, 4) is 5.75 Å². The molecule has 776 valence electrons. The normalized spacial score (nSPS) is 12.5. The number of carbonyl (C=O) groups excluding carboxylic acids is 15. The maximum absolute atomic E-state index is 14.5. The first-order chi connectivity index (χ1) is 62.6. The van der Waals surface area contributed by atoms with Crippen LogP contribution in [0, 0.1) is 85.9 Å². The summed E-state index contributed by atoms with van der Waals surface area (Å²) >= 11 is 14.4. The van der Waals surface area contributed by atoms with Crippen molar-refractivity contribution >= 4 is 129 Å². The Labute approximate surface area is 790 Å². The van der Waals surface area contributed by atoms with Crippen LogP contribution in [0.25, 0.3) is 0 Å². The number of halogens is 3. The highest BCUT2D eigenvalue weighted by Gasteiger charge is 2.52. The molecule has 1 aromatic rings. The number of hydrogen-bond acceptors (Lipinski definition) is 49. The van der Waals surface area contributed by atoms with Crippen LogP contribution in [0.4, 0.5) is 10.5 Å². The number of rotatable bonds is 62. The molecule has 0 aromatic heterocycles. The Balaban J connectivity index is 0. The Morgan fingerprint density at radius 2 is 0.370 bits per heavy atom. The van der Waals surface area contributed by atoms with Gasteiger partial charge in [0.2, 0.25) is 0 Å². The van der Waals surface area contributed by atoms with E-state index in [0.717, 1.165) is 96.9 Å². The molecule has 0 saturated heterocycles. The summed E-state index contributed by atoms with van der Waals surface area (Å²) in [6, 6.07) is 5.02. The highest BCUT2D eigenvalue weighted by atomic mass is 35.5. The SMILES string of the molecule is CC(CO)(CO)C(=O)OCC(C)(COC(=O)C(C)(CO)CO)C(=O)OCC(C)(COC(=O)C(C)(COC(=O)C(C)(CO)CO)COC(=O)C(C)(CO)CO)C(=O)OCCOCCOC(=O)C(C)(COC(=O)C(C)(COC(=O)C(C)(CO)CO)COC(=O)C(C)(CO)CO)COC(=O)C(C)(COC(=O)C(C)(CO)CO)COC(=O)C(C)(CO)CO.ClCCl.O=C(Cl)Oc1ccc([N+](=O)[O-])cc1. The molecule has 0 bridgehead atoms. The minimum Gasteiger partial charge on any atom is -0.464 e. The van der Waals surface area contributed by atoms with E-state index >= 15 is 0 Å². The Kier molecular flexibility index (Phi) is 54.9. The quantitative estimate of drug-likeness (QED) is 0.00568. The van der Waals surface area contributed by atoms with Crippen molar-refractivity contribution in [1.29, 1.82) is 0 Å². The van der Waals surface area contributed by atoms with E-state index in [4.69, 9.17) is 106 Å². The lowest BCUT2D eigenvalue weighted by Gasteiger charge is -2.33. The van der Waals surface area contributed by atoms with Crippen molar-refractivity contribution < 1.29 is 234 Å². The van der Waals surface area contributed by atoms with E-state index in [1.165, 1.54) is 24.3 Å². The molecule has 16 N–H and O–H groups in total. The summed E-state index contributed by atoms with van der Waals surface area (Å²) in [5, 5.41) is 169. The van der Waals surface area contributed by atoms with Gasteiger partial charge in [-0.2, -0.15) is 0 Å². The van der Waals surface area contributed by atoms with Crippen LogP contribution in [0.15, 0.2) is 24.3 Å². The largest absolute Gasteiger partial charge is 0.464 e. The van der Waals surface area contributed by atoms with Crippen molar-refractivity contribution in [2.24, 2.45) is 75.8 Å². The zero-order valence-corrected chi connectivity index (χ0v) is 79.6. The molecule has 0 saturated carbocycles. The van der Waals surface area contributed by atoms with Crippen LogP contribution in [0.3, 0.4) is 0 Å². The molecular weight excluding hydrogens is 1890 g/mol. The summed E-state index contributed by atoms with van der Waals surface area (Å²) in [5.74, 6) is -19.2. The fraction of sp³-hybridized carbons (Fsp3) is 0.744. The maximum atomic E-state index is 14.5. The highest BCUT2D eigenvalue weighted by molar-refractivity contribution is 6.61. The van der Waals surface area contributed by atoms with Crippen LogP contribution in [0.2, 0.25) is 0 Å². The van der Waals surface area contributed by atoms with Crippen LogP contribution in [0.5, 0.6) is 5.75 Å². The van der Waals surface area contributed by atoms with E-state index in [1.54, 1.807) is 0 Å². The second kappa shape index (κ2) is 57.9. The predicted octanol–water partition coefficient (Wildman–Crippen LogP) is -3.67. The van der Waals surface area contributed by atoms with Gasteiger partial charge in [-0.15, -0.1) is 23.2 Å². The lowest BCUT2D eigenvalue weighted by molar-refractivity contribution is -0.384. The van der Waals surface area contributed by atoms with Gasteiger partial charge in [0.25, 0.3) is 5.69 Å². The Morgan fingerprint density at radius 1 is 0.244 bits per heavy atom. The summed E-state index contributed by atoms with van der Waals surface area (Å²) in [6.45, 7) is -18.3. The summed E-state index contributed by atoms with van der Waals surface area (Å²) in [5.41, 5.74) is -31.4. The molecule has 0 aliphatic carbocycles. The molecule has 0 atom stereocenters. The van der Waals surface area contributed by atoms with E-state index in [-0.39, 0.29) is 16.8 Å². The standard InChI is InChI=1S/C74H122O45.C7H4ClNO4.CH2Cl2/c1-61(19-75,20-76)47(91)108-39-71(11,40-109-48(92)62(2,21-77)22-78)57(101)116-35-69(9,36-117-58(102)72(12,41-110-49(93)63(3,23-79)24-80)42-111-50(94)64(4,25-81)26-82)55(99)106-17-15-105-16-18-107-56(100)70(10,37-118-59(103)73(13,43-112-51(95)65(5,27-83)28-84)44-113-52(96)66(6,29-85)30-86)38-119-60(104)74(14,45-114-53(97)67(7,31-87)32-88)46-115-54(98)68(8,33-89)34-90;8-7(10)13-6-3-1-5(2-4-6)9(11)12;2-1-3/h75-90H,15-46H2,1-14H3;1-4H;1H2. The van der Waals surface area contributed by atoms with Gasteiger partial charge in [0.1, 0.15) is 174 Å². The Hall–Kier alpha value is -9.14. The molecule has 1 rings (SSSR count). The first-order valence-electron chi connectivity index (χ1n) is 40.5. The van der Waals surface area contributed by atoms with Gasteiger partial charge in [-0.25, -0.2) is 4.79 Å². The van der Waals surface area contributed by atoms with Crippen LogP contribution < -0.4 is 4.74 Å². The molecule has 0 unspecified atom stereocenters. The predicted molar refractivity (Wildman–Crippen MR) is 453 cm³/mol. The molecule has 0 heterocycles. The van der Waals surface area contributed by atoms with Gasteiger partial charge in [0.15, 0.2) is 0 Å². The van der Waals surface area contributed by atoms with E-state index in [0.29, 0.717) is 0 Å². The lowest BCUT2D eigenvalue weighted by Crippen LogP contribution is -2.48. The van der Waals surface area contributed by atoms with Gasteiger partial charge in [-0.1, -0.05) is 0 Å². The third kappa shape index (κ3) is 37.9. The fourth-order valence-electron chi connectivity index (χ4n) is 8.74. The van der Waals surface area contributed by atoms with Crippen LogP contribution >= 0.6 is 34.8 Å². The minimum atomic E-state index is -2.47. The molecule has 53 heteroatoms. The van der Waals surface area contributed by atoms with Crippen molar-refractivity contribution in [2.75, 3.05) is 217 Å². The molecule has 0 amide bonds. The number of nitro groups is 1. The summed E-state index contributed by atoms with van der Waals surface area (Å²) in [7, 11) is 0. The van der Waals surface area contributed by atoms with E-state index in [1.807, 2.05) is 0 Å². The third-order valence-electron chi connectivity index (χ3n) is 20.9. The summed E-state index contributed by atoms with van der Waals surface area (Å²) < 4.78 is 85.4. The maximum Gasteiger partial charge on any atom is 0.409 e. The molecule has 50 nitrogen and oxygen atoms in total. The average molecular weight is 2020 g/mol. The number of non-ortho nitro benzene ring substituents is 1. The molecule has 0 spiro atoms. The van der Waals surface area contributed by atoms with Crippen LogP contribution in [-0.2, 0) is 138 Å². The highest BCUT2D eigenvalue weighted by Crippen LogP contribution is 2.36. The van der Waals surface area contributed by atoms with Gasteiger partial charge >= 0.3 is 89.0 Å². The van der Waals surface area contributed by atoms with Crippen molar-refractivity contribution in [2.45, 2.75) is 96.9 Å². The number of aliphatic hydroxyl groups excluding tert-OH is 16. The monoisotopic (exact) mass is 2020 g/mol. The third-order valence-corrected chi connectivity index (χ3v) is 21.0. The number of aliphatic hydroxyl groups is 16. The number of nitro benzene ring substituents is 1. The Morgan fingerprint density at radius 3 is 0.489 bits per heavy atom. The fourth-order valence-corrected chi connectivity index (χ4v) is 8.83. The smallest absolute Gasteiger partial charge is 0.409 e. The molecule has 135 heavy (non-hydrogen) atoms. The zero-order valence-electron chi connectivity index (χ0n) is 77.4. The van der Waals surface area contributed by atoms with Crippen LogP contribution in [-0.4, -0.2) is 392 Å². The number of hydrogen-bond donors (Lipinski definition) is 16.